The van der Waals surface area contributed by atoms with Crippen molar-refractivity contribution < 1.29 is 17.9 Å². The Bertz CT molecular complexity index is 620. The van der Waals surface area contributed by atoms with Crippen LogP contribution in [0.2, 0.25) is 0 Å². The summed E-state index contributed by atoms with van der Waals surface area (Å²) in [6.07, 6.45) is 0. The Hall–Kier alpha value is -1.68. The third-order valence-corrected chi connectivity index (χ3v) is 3.49. The normalized spacial score (nSPS) is 12.3. The predicted molar refractivity (Wildman–Crippen MR) is 71.7 cm³/mol. The fraction of sp³-hybridized carbons (Fsp3) is 0.200. The van der Waals surface area contributed by atoms with Gasteiger partial charge >= 0.3 is 0 Å². The van der Waals surface area contributed by atoms with Crippen LogP contribution in [-0.2, 0) is 0 Å². The Morgan fingerprint density at radius 2 is 1.70 bits per heavy atom. The predicted octanol–water partition coefficient (Wildman–Crippen LogP) is 4.75. The Labute approximate surface area is 119 Å². The van der Waals surface area contributed by atoms with Gasteiger partial charge in [-0.05, 0) is 12.5 Å². The maximum Gasteiger partial charge on any atom is 0.134 e. The van der Waals surface area contributed by atoms with Crippen LogP contribution in [0, 0.1) is 24.4 Å². The number of alkyl halides is 1. The summed E-state index contributed by atoms with van der Waals surface area (Å²) in [5.74, 6) is -2.27. The molecule has 1 atom stereocenters. The van der Waals surface area contributed by atoms with Gasteiger partial charge in [0.1, 0.15) is 23.2 Å². The first kappa shape index (κ1) is 14.7. The molecule has 0 N–H and O–H groups in total. The van der Waals surface area contributed by atoms with Gasteiger partial charge in [-0.25, -0.2) is 13.2 Å². The molecule has 0 aliphatic heterocycles. The minimum absolute atomic E-state index is 0.0367. The molecule has 0 fully saturated rings. The van der Waals surface area contributed by atoms with E-state index in [1.54, 1.807) is 19.1 Å². The highest BCUT2D eigenvalue weighted by molar-refractivity contribution is 6.22. The summed E-state index contributed by atoms with van der Waals surface area (Å²) in [6, 6.07) is 6.58. The largest absolute Gasteiger partial charge is 0.497 e. The SMILES string of the molecule is COc1cc(F)c(C(Cl)c2cccc(C)c2F)c(F)c1. The van der Waals surface area contributed by atoms with Gasteiger partial charge in [0.2, 0.25) is 0 Å². The van der Waals surface area contributed by atoms with Crippen molar-refractivity contribution in [2.75, 3.05) is 7.11 Å². The molecule has 2 aromatic rings. The van der Waals surface area contributed by atoms with Gasteiger partial charge in [-0.3, -0.25) is 0 Å². The number of hydrogen-bond donors (Lipinski definition) is 0. The average Bonchev–Trinajstić information content (AvgIpc) is 2.40. The molecule has 2 rings (SSSR count). The molecule has 1 nitrogen and oxygen atoms in total. The van der Waals surface area contributed by atoms with Gasteiger partial charge in [-0.1, -0.05) is 18.2 Å². The lowest BCUT2D eigenvalue weighted by Crippen LogP contribution is -2.05. The number of benzene rings is 2. The zero-order valence-electron chi connectivity index (χ0n) is 10.9. The van der Waals surface area contributed by atoms with E-state index in [0.717, 1.165) is 12.1 Å². The topological polar surface area (TPSA) is 9.23 Å². The molecule has 0 radical (unpaired) electrons. The van der Waals surface area contributed by atoms with Gasteiger partial charge in [0.05, 0.1) is 12.5 Å². The summed E-state index contributed by atoms with van der Waals surface area (Å²) >= 11 is 6.05. The summed E-state index contributed by atoms with van der Waals surface area (Å²) in [5, 5.41) is -1.25. The lowest BCUT2D eigenvalue weighted by atomic mass is 10.0. The summed E-state index contributed by atoms with van der Waals surface area (Å²) in [5.41, 5.74) is 0.00841. The summed E-state index contributed by atoms with van der Waals surface area (Å²) in [7, 11) is 1.30. The van der Waals surface area contributed by atoms with Crippen LogP contribution in [0.1, 0.15) is 22.1 Å². The zero-order chi connectivity index (χ0) is 14.9. The van der Waals surface area contributed by atoms with Gasteiger partial charge in [-0.2, -0.15) is 0 Å². The standard InChI is InChI=1S/C15H12ClF3O/c1-8-4-3-5-10(15(8)19)14(16)13-11(17)6-9(20-2)7-12(13)18/h3-7,14H,1-2H3. The number of rotatable bonds is 3. The van der Waals surface area contributed by atoms with Gasteiger partial charge in [0.15, 0.2) is 0 Å². The molecular formula is C15H12ClF3O. The average molecular weight is 301 g/mol. The van der Waals surface area contributed by atoms with Crippen LogP contribution >= 0.6 is 11.6 Å². The van der Waals surface area contributed by atoms with Crippen LogP contribution in [0.4, 0.5) is 13.2 Å². The molecule has 20 heavy (non-hydrogen) atoms. The molecule has 2 aromatic carbocycles. The van der Waals surface area contributed by atoms with Crippen LogP contribution in [0.15, 0.2) is 30.3 Å². The fourth-order valence-corrected chi connectivity index (χ4v) is 2.32. The van der Waals surface area contributed by atoms with E-state index < -0.39 is 28.4 Å². The van der Waals surface area contributed by atoms with Crippen molar-refractivity contribution >= 4 is 11.6 Å². The minimum atomic E-state index is -1.25. The molecule has 0 aliphatic carbocycles. The second-order valence-electron chi connectivity index (χ2n) is 4.35. The van der Waals surface area contributed by atoms with E-state index in [-0.39, 0.29) is 11.3 Å². The van der Waals surface area contributed by atoms with Crippen molar-refractivity contribution in [1.29, 1.82) is 0 Å². The van der Waals surface area contributed by atoms with Crippen molar-refractivity contribution in [3.05, 3.63) is 64.5 Å². The number of ether oxygens (including phenoxy) is 1. The first-order chi connectivity index (χ1) is 9.45. The van der Waals surface area contributed by atoms with Crippen LogP contribution in [0.3, 0.4) is 0 Å². The molecule has 0 heterocycles. The molecule has 5 heteroatoms. The molecular weight excluding hydrogens is 289 g/mol. The first-order valence-corrected chi connectivity index (χ1v) is 6.31. The third kappa shape index (κ3) is 2.61. The van der Waals surface area contributed by atoms with E-state index in [1.165, 1.54) is 13.2 Å². The van der Waals surface area contributed by atoms with Gasteiger partial charge < -0.3 is 4.74 Å². The molecule has 0 saturated heterocycles. The van der Waals surface area contributed by atoms with E-state index in [2.05, 4.69) is 0 Å². The van der Waals surface area contributed by atoms with Crippen LogP contribution in [0.25, 0.3) is 0 Å². The highest BCUT2D eigenvalue weighted by Gasteiger charge is 2.24. The highest BCUT2D eigenvalue weighted by atomic mass is 35.5. The molecule has 0 saturated carbocycles. The second kappa shape index (κ2) is 5.75. The molecule has 0 aromatic heterocycles. The van der Waals surface area contributed by atoms with Crippen LogP contribution in [-0.4, -0.2) is 7.11 Å². The zero-order valence-corrected chi connectivity index (χ0v) is 11.6. The molecule has 0 bridgehead atoms. The van der Waals surface area contributed by atoms with Crippen molar-refractivity contribution in [2.45, 2.75) is 12.3 Å². The smallest absolute Gasteiger partial charge is 0.134 e. The van der Waals surface area contributed by atoms with Crippen LogP contribution in [0.5, 0.6) is 5.75 Å². The van der Waals surface area contributed by atoms with E-state index in [0.29, 0.717) is 5.56 Å². The Balaban J connectivity index is 2.54. The van der Waals surface area contributed by atoms with Crippen molar-refractivity contribution in [2.24, 2.45) is 0 Å². The fourth-order valence-electron chi connectivity index (χ4n) is 1.94. The second-order valence-corrected chi connectivity index (χ2v) is 4.78. The molecule has 0 spiro atoms. The summed E-state index contributed by atoms with van der Waals surface area (Å²) < 4.78 is 46.6. The first-order valence-electron chi connectivity index (χ1n) is 5.87. The minimum Gasteiger partial charge on any atom is -0.497 e. The van der Waals surface area contributed by atoms with Crippen molar-refractivity contribution in [1.82, 2.24) is 0 Å². The van der Waals surface area contributed by atoms with Gasteiger partial charge in [0.25, 0.3) is 0 Å². The number of methoxy groups -OCH3 is 1. The van der Waals surface area contributed by atoms with Gasteiger partial charge in [0, 0.05) is 23.3 Å². The lowest BCUT2D eigenvalue weighted by Gasteiger charge is -2.15. The highest BCUT2D eigenvalue weighted by Crippen LogP contribution is 2.36. The Kier molecular flexibility index (Phi) is 4.23. The summed E-state index contributed by atoms with van der Waals surface area (Å²) in [6.45, 7) is 1.56. The molecule has 0 amide bonds. The number of hydrogen-bond acceptors (Lipinski definition) is 1. The van der Waals surface area contributed by atoms with E-state index in [1.807, 2.05) is 0 Å². The van der Waals surface area contributed by atoms with E-state index in [9.17, 15) is 13.2 Å². The summed E-state index contributed by atoms with van der Waals surface area (Å²) in [4.78, 5) is 0. The molecule has 106 valence electrons. The van der Waals surface area contributed by atoms with E-state index >= 15 is 0 Å². The van der Waals surface area contributed by atoms with E-state index in [4.69, 9.17) is 16.3 Å². The maximum absolute atomic E-state index is 14.0. The number of aryl methyl sites for hydroxylation is 1. The molecule has 0 aliphatic rings. The Morgan fingerprint density at radius 3 is 2.25 bits per heavy atom. The van der Waals surface area contributed by atoms with Gasteiger partial charge in [-0.15, -0.1) is 11.6 Å². The molecule has 1 unspecified atom stereocenters. The monoisotopic (exact) mass is 300 g/mol. The number of halogens is 4. The van der Waals surface area contributed by atoms with Crippen molar-refractivity contribution in [3.8, 4) is 5.75 Å². The third-order valence-electron chi connectivity index (χ3n) is 3.04. The van der Waals surface area contributed by atoms with Crippen LogP contribution < -0.4 is 4.74 Å². The quantitative estimate of drug-likeness (QED) is 0.743. The van der Waals surface area contributed by atoms with Crippen molar-refractivity contribution in [3.63, 3.8) is 0 Å². The lowest BCUT2D eigenvalue weighted by molar-refractivity contribution is 0.405. The maximum atomic E-state index is 14.0. The Morgan fingerprint density at radius 1 is 1.10 bits per heavy atom.